The summed E-state index contributed by atoms with van der Waals surface area (Å²) in [6.45, 7) is 2.06. The Morgan fingerprint density at radius 2 is 2.17 bits per heavy atom. The quantitative estimate of drug-likeness (QED) is 0.487. The van der Waals surface area contributed by atoms with E-state index in [1.807, 2.05) is 0 Å². The number of alkyl halides is 1. The Labute approximate surface area is 70.8 Å². The summed E-state index contributed by atoms with van der Waals surface area (Å²) in [6.07, 6.45) is 0.403. The molecule has 0 amide bonds. The highest BCUT2D eigenvalue weighted by Crippen LogP contribution is 2.21. The van der Waals surface area contributed by atoms with Crippen LogP contribution in [0.25, 0.3) is 0 Å². The van der Waals surface area contributed by atoms with Gasteiger partial charge in [0.05, 0.1) is 0 Å². The predicted octanol–water partition coefficient (Wildman–Crippen LogP) is 2.40. The monoisotopic (exact) mass is 176 g/mol. The molecule has 12 heavy (non-hydrogen) atoms. The van der Waals surface area contributed by atoms with Crippen molar-refractivity contribution in [1.82, 2.24) is 0 Å². The summed E-state index contributed by atoms with van der Waals surface area (Å²) in [5.74, 6) is 0. The molecule has 0 aromatic rings. The molecule has 0 bridgehead atoms. The highest BCUT2D eigenvalue weighted by Gasteiger charge is 2.35. The van der Waals surface area contributed by atoms with E-state index in [4.69, 9.17) is 0 Å². The van der Waals surface area contributed by atoms with E-state index < -0.39 is 18.6 Å². The lowest BCUT2D eigenvalue weighted by atomic mass is 10.1. The SMILES string of the molecule is CCCCC[C@@H]1OC(=O)O[C@H]1F. The topological polar surface area (TPSA) is 35.5 Å². The molecule has 0 spiro atoms. The van der Waals surface area contributed by atoms with Gasteiger partial charge in [-0.2, -0.15) is 4.39 Å². The van der Waals surface area contributed by atoms with Gasteiger partial charge in [-0.3, -0.25) is 0 Å². The van der Waals surface area contributed by atoms with Gasteiger partial charge in [0.25, 0.3) is 6.36 Å². The lowest BCUT2D eigenvalue weighted by Gasteiger charge is -2.06. The van der Waals surface area contributed by atoms with Crippen molar-refractivity contribution >= 4 is 6.16 Å². The summed E-state index contributed by atoms with van der Waals surface area (Å²) in [5.41, 5.74) is 0. The number of carbonyl (C=O) groups excluding carboxylic acids is 1. The Bertz CT molecular complexity index is 160. The van der Waals surface area contributed by atoms with Crippen molar-refractivity contribution in [2.45, 2.75) is 45.1 Å². The van der Waals surface area contributed by atoms with Crippen LogP contribution >= 0.6 is 0 Å². The van der Waals surface area contributed by atoms with Crippen molar-refractivity contribution in [3.8, 4) is 0 Å². The molecule has 1 fully saturated rings. The van der Waals surface area contributed by atoms with Crippen LogP contribution in [-0.4, -0.2) is 18.6 Å². The van der Waals surface area contributed by atoms with Gasteiger partial charge in [0.1, 0.15) is 0 Å². The van der Waals surface area contributed by atoms with Crippen molar-refractivity contribution in [1.29, 1.82) is 0 Å². The second-order valence-corrected chi connectivity index (χ2v) is 2.87. The number of halogens is 1. The second kappa shape index (κ2) is 4.28. The van der Waals surface area contributed by atoms with Gasteiger partial charge in [0, 0.05) is 0 Å². The van der Waals surface area contributed by atoms with Crippen LogP contribution < -0.4 is 0 Å². The molecule has 1 saturated heterocycles. The maximum Gasteiger partial charge on any atom is 0.511 e. The molecule has 0 saturated carbocycles. The molecule has 0 unspecified atom stereocenters. The molecular formula is C8H13FO3. The molecule has 1 aliphatic heterocycles. The van der Waals surface area contributed by atoms with Crippen molar-refractivity contribution < 1.29 is 18.7 Å². The summed E-state index contributed by atoms with van der Waals surface area (Å²) >= 11 is 0. The van der Waals surface area contributed by atoms with Crippen LogP contribution in [0.4, 0.5) is 9.18 Å². The first-order chi connectivity index (χ1) is 5.74. The number of hydrogen-bond acceptors (Lipinski definition) is 3. The van der Waals surface area contributed by atoms with Gasteiger partial charge < -0.3 is 9.47 Å². The summed E-state index contributed by atoms with van der Waals surface area (Å²) in [4.78, 5) is 10.4. The van der Waals surface area contributed by atoms with Gasteiger partial charge in [0.2, 0.25) is 0 Å². The van der Waals surface area contributed by atoms with E-state index >= 15 is 0 Å². The van der Waals surface area contributed by atoms with Crippen LogP contribution in [0.5, 0.6) is 0 Å². The molecular weight excluding hydrogens is 163 g/mol. The Morgan fingerprint density at radius 3 is 2.67 bits per heavy atom. The van der Waals surface area contributed by atoms with E-state index in [9.17, 15) is 9.18 Å². The van der Waals surface area contributed by atoms with Gasteiger partial charge in [-0.05, 0) is 12.8 Å². The van der Waals surface area contributed by atoms with E-state index in [0.717, 1.165) is 19.3 Å². The van der Waals surface area contributed by atoms with Crippen LogP contribution in [-0.2, 0) is 9.47 Å². The van der Waals surface area contributed by atoms with Crippen molar-refractivity contribution in [3.63, 3.8) is 0 Å². The molecule has 3 nitrogen and oxygen atoms in total. The third-order valence-electron chi connectivity index (χ3n) is 1.84. The molecule has 0 aromatic heterocycles. The average Bonchev–Trinajstić information content (AvgIpc) is 2.31. The molecule has 1 aliphatic rings. The Kier molecular flexibility index (Phi) is 3.31. The molecule has 2 atom stereocenters. The third kappa shape index (κ3) is 2.36. The summed E-state index contributed by atoms with van der Waals surface area (Å²) < 4.78 is 21.5. The van der Waals surface area contributed by atoms with E-state index in [-0.39, 0.29) is 0 Å². The van der Waals surface area contributed by atoms with Crippen LogP contribution in [0, 0.1) is 0 Å². The Morgan fingerprint density at radius 1 is 1.42 bits per heavy atom. The minimum atomic E-state index is -1.56. The van der Waals surface area contributed by atoms with E-state index in [0.29, 0.717) is 6.42 Å². The smallest absolute Gasteiger partial charge is 0.424 e. The van der Waals surface area contributed by atoms with Gasteiger partial charge in [-0.1, -0.05) is 19.8 Å². The fourth-order valence-corrected chi connectivity index (χ4v) is 1.16. The van der Waals surface area contributed by atoms with Gasteiger partial charge in [-0.25, -0.2) is 4.79 Å². The lowest BCUT2D eigenvalue weighted by molar-refractivity contribution is 0.0277. The zero-order valence-corrected chi connectivity index (χ0v) is 7.09. The largest absolute Gasteiger partial charge is 0.511 e. The predicted molar refractivity (Wildman–Crippen MR) is 40.4 cm³/mol. The lowest BCUT2D eigenvalue weighted by Crippen LogP contribution is -2.17. The molecule has 0 N–H and O–H groups in total. The standard InChI is InChI=1S/C8H13FO3/c1-2-3-4-5-6-7(9)12-8(10)11-6/h6-7H,2-5H2,1H3/t6-,7+/m0/s1. The normalized spacial score (nSPS) is 28.3. The van der Waals surface area contributed by atoms with Crippen molar-refractivity contribution in [3.05, 3.63) is 0 Å². The fraction of sp³-hybridized carbons (Fsp3) is 0.875. The molecule has 0 aromatic carbocycles. The fourth-order valence-electron chi connectivity index (χ4n) is 1.16. The zero-order chi connectivity index (χ0) is 8.97. The summed E-state index contributed by atoms with van der Waals surface area (Å²) in [7, 11) is 0. The molecule has 70 valence electrons. The maximum absolute atomic E-state index is 12.7. The minimum absolute atomic E-state index is 0.556. The molecule has 0 radical (unpaired) electrons. The Balaban J connectivity index is 2.19. The number of ether oxygens (including phenoxy) is 2. The van der Waals surface area contributed by atoms with Crippen LogP contribution in [0.1, 0.15) is 32.6 Å². The zero-order valence-electron chi connectivity index (χ0n) is 7.09. The Hall–Kier alpha value is -0.800. The highest BCUT2D eigenvalue weighted by atomic mass is 19.1. The first kappa shape index (κ1) is 9.29. The third-order valence-corrected chi connectivity index (χ3v) is 1.84. The van der Waals surface area contributed by atoms with Crippen LogP contribution in [0.3, 0.4) is 0 Å². The second-order valence-electron chi connectivity index (χ2n) is 2.87. The van der Waals surface area contributed by atoms with Crippen molar-refractivity contribution in [2.24, 2.45) is 0 Å². The molecule has 0 aliphatic carbocycles. The molecule has 1 rings (SSSR count). The van der Waals surface area contributed by atoms with Gasteiger partial charge in [-0.15, -0.1) is 0 Å². The van der Waals surface area contributed by atoms with Gasteiger partial charge >= 0.3 is 6.16 Å². The number of carbonyl (C=O) groups is 1. The van der Waals surface area contributed by atoms with E-state index in [2.05, 4.69) is 16.4 Å². The summed E-state index contributed by atoms with van der Waals surface area (Å²) in [5, 5.41) is 0. The van der Waals surface area contributed by atoms with E-state index in [1.54, 1.807) is 0 Å². The first-order valence-electron chi connectivity index (χ1n) is 4.25. The number of cyclic esters (lactones) is 2. The van der Waals surface area contributed by atoms with Gasteiger partial charge in [0.15, 0.2) is 6.10 Å². The molecule has 4 heteroatoms. The number of rotatable bonds is 4. The molecule has 1 heterocycles. The van der Waals surface area contributed by atoms with Crippen LogP contribution in [0.15, 0.2) is 0 Å². The number of hydrogen-bond donors (Lipinski definition) is 0. The average molecular weight is 176 g/mol. The highest BCUT2D eigenvalue weighted by molar-refractivity contribution is 5.62. The van der Waals surface area contributed by atoms with E-state index in [1.165, 1.54) is 0 Å². The number of unbranched alkanes of at least 4 members (excludes halogenated alkanes) is 2. The maximum atomic E-state index is 12.7. The van der Waals surface area contributed by atoms with Crippen molar-refractivity contribution in [2.75, 3.05) is 0 Å². The summed E-state index contributed by atoms with van der Waals surface area (Å²) in [6, 6.07) is 0. The van der Waals surface area contributed by atoms with Crippen LogP contribution in [0.2, 0.25) is 0 Å². The minimum Gasteiger partial charge on any atom is -0.424 e. The first-order valence-corrected chi connectivity index (χ1v) is 4.25.